The summed E-state index contributed by atoms with van der Waals surface area (Å²) in [5.74, 6) is -2.46. The highest BCUT2D eigenvalue weighted by Crippen LogP contribution is 2.68. The van der Waals surface area contributed by atoms with Crippen LogP contribution in [0.3, 0.4) is 0 Å². The number of aliphatic hydroxyl groups excluding tert-OH is 1. The van der Waals surface area contributed by atoms with Crippen LogP contribution in [0.15, 0.2) is 49.6 Å². The molecule has 1 spiro atoms. The van der Waals surface area contributed by atoms with E-state index < -0.39 is 34.6 Å². The number of thioether (sulfide) groups is 1. The van der Waals surface area contributed by atoms with Crippen LogP contribution >= 0.6 is 27.7 Å². The number of ether oxygens (including phenoxy) is 1. The summed E-state index contributed by atoms with van der Waals surface area (Å²) in [6, 6.07) is 6.04. The van der Waals surface area contributed by atoms with Gasteiger partial charge in [0.15, 0.2) is 0 Å². The Hall–Kier alpha value is -2.70. The number of nitrogens with zero attached hydrogens (tertiary/aromatic N) is 5. The summed E-state index contributed by atoms with van der Waals surface area (Å²) in [5.41, 5.74) is 1.49. The van der Waals surface area contributed by atoms with Crippen LogP contribution in [0.1, 0.15) is 33.1 Å². The maximum absolute atomic E-state index is 14.8. The van der Waals surface area contributed by atoms with E-state index in [1.54, 1.807) is 38.4 Å². The van der Waals surface area contributed by atoms with Crippen molar-refractivity contribution in [3.8, 4) is 0 Å². The average Bonchev–Trinajstić information content (AvgIpc) is 3.70. The lowest BCUT2D eigenvalue weighted by molar-refractivity contribution is -0.154. The predicted molar refractivity (Wildman–Crippen MR) is 165 cm³/mol. The lowest BCUT2D eigenvalue weighted by Gasteiger charge is -2.41. The predicted octanol–water partition coefficient (Wildman–Crippen LogP) is 3.39. The Bertz CT molecular complexity index is 1370. The van der Waals surface area contributed by atoms with Crippen molar-refractivity contribution < 1.29 is 24.2 Å². The van der Waals surface area contributed by atoms with E-state index in [9.17, 15) is 19.5 Å². The number of aromatic nitrogens is 3. The number of alkyl halides is 1. The number of fused-ring (bicyclic) bond motifs is 2. The van der Waals surface area contributed by atoms with E-state index in [2.05, 4.69) is 39.4 Å². The number of benzene rings is 1. The summed E-state index contributed by atoms with van der Waals surface area (Å²) < 4.78 is 6.42. The highest BCUT2D eigenvalue weighted by Gasteiger charge is 2.76. The molecule has 0 radical (unpaired) electrons. The molecule has 12 heteroatoms. The van der Waals surface area contributed by atoms with E-state index in [1.165, 1.54) is 0 Å². The Labute approximate surface area is 258 Å². The minimum atomic E-state index is -0.892. The largest absolute Gasteiger partial charge is 0.465 e. The number of amides is 2. The van der Waals surface area contributed by atoms with Gasteiger partial charge in [0.1, 0.15) is 18.2 Å². The molecule has 2 bridgehead atoms. The number of hydrogen-bond acceptors (Lipinski definition) is 8. The summed E-state index contributed by atoms with van der Waals surface area (Å²) in [4.78, 5) is 45.9. The third-order valence-electron chi connectivity index (χ3n) is 9.03. The zero-order valence-corrected chi connectivity index (χ0v) is 26.4. The van der Waals surface area contributed by atoms with Gasteiger partial charge < -0.3 is 19.6 Å². The van der Waals surface area contributed by atoms with Crippen molar-refractivity contribution in [3.63, 3.8) is 0 Å². The summed E-state index contributed by atoms with van der Waals surface area (Å²) in [6.07, 6.45) is 5.09. The number of esters is 1. The molecular weight excluding hydrogens is 622 g/mol. The molecule has 0 aliphatic carbocycles. The normalized spacial score (nSPS) is 29.4. The highest BCUT2D eigenvalue weighted by atomic mass is 79.9. The molecule has 5 rings (SSSR count). The number of para-hydroxylation sites is 1. The van der Waals surface area contributed by atoms with Crippen molar-refractivity contribution in [1.82, 2.24) is 24.8 Å². The van der Waals surface area contributed by atoms with Crippen LogP contribution in [0.5, 0.6) is 0 Å². The van der Waals surface area contributed by atoms with Crippen molar-refractivity contribution in [2.75, 3.05) is 19.8 Å². The molecule has 3 unspecified atom stereocenters. The molecule has 3 saturated heterocycles. The molecule has 2 amide bonds. The van der Waals surface area contributed by atoms with Gasteiger partial charge in [0.05, 0.1) is 41.4 Å². The summed E-state index contributed by atoms with van der Waals surface area (Å²) in [7, 11) is 0. The Balaban J connectivity index is 1.57. The number of likely N-dealkylation sites (tertiary alicyclic amines) is 1. The molecule has 1 aromatic carbocycles. The van der Waals surface area contributed by atoms with Crippen LogP contribution in [-0.2, 0) is 25.8 Å². The molecule has 10 nitrogen and oxygen atoms in total. The Morgan fingerprint density at radius 2 is 2.10 bits per heavy atom. The summed E-state index contributed by atoms with van der Waals surface area (Å²) >= 11 is 5.34. The number of carbonyl (C=O) groups is 3. The standard InChI is InChI=1S/C30H38BrN5O5S/c1-5-8-14-41-29(40)23-24-27(38)36(22(16-37)18(4)7-3)26(30(24)15-19(31)25(23)42-30)28(39)34(13-6-2)17-35-21-12-10-9-11-20(21)32-33-35/h5-6,9-12,18-19,22-26,37H,1-2,7-8,13-17H2,3-4H3/t18-,19?,22-,23-,24-,25-,26?,30?/m0/s1. The highest BCUT2D eigenvalue weighted by molar-refractivity contribution is 9.09. The molecule has 3 fully saturated rings. The number of rotatable bonds is 13. The first-order valence-electron chi connectivity index (χ1n) is 14.4. The molecule has 42 heavy (non-hydrogen) atoms. The lowest BCUT2D eigenvalue weighted by atomic mass is 9.71. The minimum Gasteiger partial charge on any atom is -0.465 e. The Morgan fingerprint density at radius 1 is 1.33 bits per heavy atom. The first-order chi connectivity index (χ1) is 20.2. The molecule has 2 aromatic rings. The van der Waals surface area contributed by atoms with Gasteiger partial charge in [-0.1, -0.05) is 65.7 Å². The van der Waals surface area contributed by atoms with Gasteiger partial charge in [0.25, 0.3) is 0 Å². The third-order valence-corrected chi connectivity index (χ3v) is 12.3. The zero-order chi connectivity index (χ0) is 30.2. The maximum atomic E-state index is 14.8. The van der Waals surface area contributed by atoms with Crippen molar-refractivity contribution in [1.29, 1.82) is 0 Å². The molecule has 226 valence electrons. The maximum Gasteiger partial charge on any atom is 0.310 e. The van der Waals surface area contributed by atoms with Gasteiger partial charge >= 0.3 is 5.97 Å². The molecule has 1 N–H and O–H groups in total. The fourth-order valence-corrected chi connectivity index (χ4v) is 10.4. The van der Waals surface area contributed by atoms with Gasteiger partial charge in [-0.25, -0.2) is 4.68 Å². The van der Waals surface area contributed by atoms with E-state index in [1.807, 2.05) is 38.1 Å². The molecule has 8 atom stereocenters. The molecule has 3 aliphatic rings. The number of carbonyl (C=O) groups excluding carboxylic acids is 3. The first-order valence-corrected chi connectivity index (χ1v) is 16.2. The second kappa shape index (κ2) is 12.5. The Morgan fingerprint density at radius 3 is 2.79 bits per heavy atom. The molecule has 3 aliphatic heterocycles. The van der Waals surface area contributed by atoms with Gasteiger partial charge in [-0.2, -0.15) is 0 Å². The second-order valence-corrected chi connectivity index (χ2v) is 14.1. The molecule has 1 aromatic heterocycles. The van der Waals surface area contributed by atoms with Crippen molar-refractivity contribution in [3.05, 3.63) is 49.6 Å². The van der Waals surface area contributed by atoms with Crippen molar-refractivity contribution >= 4 is 56.5 Å². The third kappa shape index (κ3) is 4.98. The van der Waals surface area contributed by atoms with Gasteiger partial charge in [0.2, 0.25) is 11.8 Å². The van der Waals surface area contributed by atoms with Crippen LogP contribution in [0.4, 0.5) is 0 Å². The van der Waals surface area contributed by atoms with Crippen molar-refractivity contribution in [2.45, 2.75) is 66.7 Å². The number of hydrogen-bond donors (Lipinski definition) is 1. The van der Waals surface area contributed by atoms with Crippen molar-refractivity contribution in [2.24, 2.45) is 17.8 Å². The lowest BCUT2D eigenvalue weighted by Crippen LogP contribution is -2.59. The smallest absolute Gasteiger partial charge is 0.310 e. The van der Waals surface area contributed by atoms with Gasteiger partial charge in [-0.15, -0.1) is 30.0 Å². The van der Waals surface area contributed by atoms with Gasteiger partial charge in [-0.05, 0) is 30.9 Å². The molecule has 0 saturated carbocycles. The Kier molecular flexibility index (Phi) is 9.15. The molecular formula is C30H38BrN5O5S. The fraction of sp³-hybridized carbons (Fsp3) is 0.567. The van der Waals surface area contributed by atoms with E-state index in [0.29, 0.717) is 24.8 Å². The number of aliphatic hydroxyl groups is 1. The summed E-state index contributed by atoms with van der Waals surface area (Å²) in [5, 5.41) is 18.9. The topological polar surface area (TPSA) is 118 Å². The van der Waals surface area contributed by atoms with E-state index in [-0.39, 0.29) is 54.2 Å². The molecule has 4 heterocycles. The monoisotopic (exact) mass is 659 g/mol. The van der Waals surface area contributed by atoms with Crippen LogP contribution in [0.25, 0.3) is 11.0 Å². The summed E-state index contributed by atoms with van der Waals surface area (Å²) in [6.45, 7) is 11.8. The quantitative estimate of drug-likeness (QED) is 0.151. The minimum absolute atomic E-state index is 0.0726. The van der Waals surface area contributed by atoms with Crippen LogP contribution in [0.2, 0.25) is 0 Å². The van der Waals surface area contributed by atoms with Crippen LogP contribution in [-0.4, -0.2) is 94.4 Å². The number of halogens is 1. The second-order valence-electron chi connectivity index (χ2n) is 11.4. The van der Waals surface area contributed by atoms with Gasteiger partial charge in [0, 0.05) is 16.6 Å². The SMILES string of the molecule is C=CCCOC(=O)[C@H]1[C@H]2C(=O)N([C@@H](CO)[C@@H](C)CC)C(C(=O)N(CC=C)Cn3nnc4ccccc43)C23CC(Br)[C@@H]1S3. The van der Waals surface area contributed by atoms with Crippen LogP contribution in [0, 0.1) is 17.8 Å². The average molecular weight is 661 g/mol. The first kappa shape index (κ1) is 30.7. The van der Waals surface area contributed by atoms with E-state index in [0.717, 1.165) is 5.52 Å². The van der Waals surface area contributed by atoms with Crippen LogP contribution < -0.4 is 0 Å². The zero-order valence-electron chi connectivity index (χ0n) is 24.0. The van der Waals surface area contributed by atoms with E-state index >= 15 is 0 Å². The van der Waals surface area contributed by atoms with E-state index in [4.69, 9.17) is 4.74 Å². The van der Waals surface area contributed by atoms with Gasteiger partial charge in [-0.3, -0.25) is 14.4 Å². The fourth-order valence-electron chi connectivity index (χ4n) is 6.86.